The monoisotopic (exact) mass is 296 g/mol. The quantitative estimate of drug-likeness (QED) is 0.861. The van der Waals surface area contributed by atoms with Gasteiger partial charge in [0, 0.05) is 25.4 Å². The van der Waals surface area contributed by atoms with Crippen LogP contribution in [0.2, 0.25) is 0 Å². The van der Waals surface area contributed by atoms with Gasteiger partial charge in [-0.3, -0.25) is 0 Å². The van der Waals surface area contributed by atoms with Crippen molar-refractivity contribution in [3.8, 4) is 0 Å². The molecule has 1 saturated heterocycles. The molecule has 2 N–H and O–H groups in total. The van der Waals surface area contributed by atoms with Crippen LogP contribution in [0.1, 0.15) is 51.4 Å². The maximum absolute atomic E-state index is 13.4. The van der Waals surface area contributed by atoms with Crippen LogP contribution in [0, 0.1) is 5.92 Å². The van der Waals surface area contributed by atoms with Crippen molar-refractivity contribution < 1.29 is 8.78 Å². The third kappa shape index (κ3) is 5.16. The molecule has 2 fully saturated rings. The maximum Gasteiger partial charge on any atom is 0.248 e. The van der Waals surface area contributed by atoms with Gasteiger partial charge in [0.15, 0.2) is 0 Å². The highest BCUT2D eigenvalue weighted by molar-refractivity contribution is 5.85. The van der Waals surface area contributed by atoms with Crippen molar-refractivity contribution >= 4 is 12.4 Å². The van der Waals surface area contributed by atoms with E-state index in [9.17, 15) is 8.78 Å². The number of halogens is 3. The molecule has 5 heteroatoms. The van der Waals surface area contributed by atoms with Crippen LogP contribution in [0.4, 0.5) is 8.78 Å². The third-order valence-corrected chi connectivity index (χ3v) is 4.48. The van der Waals surface area contributed by atoms with Crippen molar-refractivity contribution in [3.05, 3.63) is 0 Å². The third-order valence-electron chi connectivity index (χ3n) is 4.48. The topological polar surface area (TPSA) is 29.3 Å². The van der Waals surface area contributed by atoms with E-state index in [2.05, 4.69) is 4.90 Å². The lowest BCUT2D eigenvalue weighted by Gasteiger charge is -2.39. The second-order valence-electron chi connectivity index (χ2n) is 6.04. The summed E-state index contributed by atoms with van der Waals surface area (Å²) in [5.74, 6) is -2.23. The number of likely N-dealkylation sites (tertiary alicyclic amines) is 1. The van der Waals surface area contributed by atoms with Gasteiger partial charge in [-0.05, 0) is 51.1 Å². The Bertz CT molecular complexity index is 262. The Morgan fingerprint density at radius 2 is 1.95 bits per heavy atom. The van der Waals surface area contributed by atoms with E-state index in [1.54, 1.807) is 0 Å². The summed E-state index contributed by atoms with van der Waals surface area (Å²) in [5.41, 5.74) is 5.65. The summed E-state index contributed by atoms with van der Waals surface area (Å²) >= 11 is 0. The molecule has 2 aliphatic rings. The minimum atomic E-state index is -2.41. The summed E-state index contributed by atoms with van der Waals surface area (Å²) in [4.78, 5) is 2.43. The first-order chi connectivity index (χ1) is 8.61. The first kappa shape index (κ1) is 17.1. The van der Waals surface area contributed by atoms with Gasteiger partial charge in [-0.15, -0.1) is 12.4 Å². The molecule has 0 aromatic rings. The van der Waals surface area contributed by atoms with Crippen molar-refractivity contribution in [2.45, 2.75) is 63.3 Å². The Labute approximate surface area is 121 Å². The second kappa shape index (κ2) is 7.75. The molecule has 1 heterocycles. The molecule has 2 nitrogen and oxygen atoms in total. The van der Waals surface area contributed by atoms with Crippen LogP contribution in [-0.4, -0.2) is 36.5 Å². The fourth-order valence-electron chi connectivity index (χ4n) is 3.58. The molecule has 1 saturated carbocycles. The molecule has 0 radical (unpaired) electrons. The standard InChI is InChI=1S/C14H26F2N2.ClH/c15-14(16)7-3-4-12(10-14)11-18-9-2-1-5-13(18)6-8-17;/h12-13H,1-11,17H2;1H. The number of rotatable bonds is 4. The summed E-state index contributed by atoms with van der Waals surface area (Å²) < 4.78 is 26.8. The largest absolute Gasteiger partial charge is 0.330 e. The van der Waals surface area contributed by atoms with E-state index in [1.807, 2.05) is 0 Å². The highest BCUT2D eigenvalue weighted by Gasteiger charge is 2.37. The normalized spacial score (nSPS) is 31.7. The van der Waals surface area contributed by atoms with E-state index in [0.29, 0.717) is 19.0 Å². The highest BCUT2D eigenvalue weighted by Crippen LogP contribution is 2.37. The number of nitrogens with zero attached hydrogens (tertiary/aromatic N) is 1. The van der Waals surface area contributed by atoms with Gasteiger partial charge in [0.2, 0.25) is 5.92 Å². The van der Waals surface area contributed by atoms with E-state index in [4.69, 9.17) is 5.73 Å². The van der Waals surface area contributed by atoms with Gasteiger partial charge < -0.3 is 10.6 Å². The van der Waals surface area contributed by atoms with Crippen LogP contribution in [-0.2, 0) is 0 Å². The van der Waals surface area contributed by atoms with Gasteiger partial charge in [0.25, 0.3) is 0 Å². The van der Waals surface area contributed by atoms with Crippen LogP contribution >= 0.6 is 12.4 Å². The lowest BCUT2D eigenvalue weighted by Crippen LogP contribution is -2.44. The molecule has 0 bridgehead atoms. The summed E-state index contributed by atoms with van der Waals surface area (Å²) in [6, 6.07) is 0.541. The Morgan fingerprint density at radius 1 is 1.16 bits per heavy atom. The van der Waals surface area contributed by atoms with Crippen LogP contribution in [0.3, 0.4) is 0 Å². The van der Waals surface area contributed by atoms with E-state index < -0.39 is 5.92 Å². The molecule has 19 heavy (non-hydrogen) atoms. The summed E-state index contributed by atoms with van der Waals surface area (Å²) in [6.45, 7) is 2.65. The number of piperidine rings is 1. The Balaban J connectivity index is 0.00000180. The first-order valence-electron chi connectivity index (χ1n) is 7.43. The van der Waals surface area contributed by atoms with Crippen molar-refractivity contribution in [1.29, 1.82) is 0 Å². The summed E-state index contributed by atoms with van der Waals surface area (Å²) in [6.07, 6.45) is 6.54. The fourth-order valence-corrected chi connectivity index (χ4v) is 3.58. The van der Waals surface area contributed by atoms with Crippen molar-refractivity contribution in [3.63, 3.8) is 0 Å². The lowest BCUT2D eigenvalue weighted by molar-refractivity contribution is -0.0599. The van der Waals surface area contributed by atoms with E-state index in [1.165, 1.54) is 19.3 Å². The van der Waals surface area contributed by atoms with Crippen molar-refractivity contribution in [2.75, 3.05) is 19.6 Å². The molecule has 0 aromatic heterocycles. The van der Waals surface area contributed by atoms with Crippen LogP contribution in [0.25, 0.3) is 0 Å². The molecule has 2 rings (SSSR count). The van der Waals surface area contributed by atoms with Gasteiger partial charge in [0.1, 0.15) is 0 Å². The molecule has 114 valence electrons. The molecule has 2 atom stereocenters. The maximum atomic E-state index is 13.4. The first-order valence-corrected chi connectivity index (χ1v) is 7.43. The highest BCUT2D eigenvalue weighted by atomic mass is 35.5. The van der Waals surface area contributed by atoms with Crippen molar-refractivity contribution in [2.24, 2.45) is 11.7 Å². The number of hydrogen-bond donors (Lipinski definition) is 1. The molecular weight excluding hydrogens is 270 g/mol. The Hall–Kier alpha value is 0.0700. The van der Waals surface area contributed by atoms with Gasteiger partial charge in [-0.2, -0.15) is 0 Å². The molecule has 0 spiro atoms. The smallest absolute Gasteiger partial charge is 0.248 e. The number of nitrogens with two attached hydrogens (primary N) is 1. The molecule has 2 unspecified atom stereocenters. The SMILES string of the molecule is Cl.NCCC1CCCCN1CC1CCCC(F)(F)C1. The minimum absolute atomic E-state index is 0. The van der Waals surface area contributed by atoms with Crippen LogP contribution < -0.4 is 5.73 Å². The summed E-state index contributed by atoms with van der Waals surface area (Å²) in [5, 5.41) is 0. The van der Waals surface area contributed by atoms with Gasteiger partial charge in [-0.25, -0.2) is 8.78 Å². The zero-order valence-corrected chi connectivity index (χ0v) is 12.4. The minimum Gasteiger partial charge on any atom is -0.330 e. The zero-order valence-electron chi connectivity index (χ0n) is 11.6. The van der Waals surface area contributed by atoms with Crippen molar-refractivity contribution in [1.82, 2.24) is 4.90 Å². The van der Waals surface area contributed by atoms with E-state index >= 15 is 0 Å². The molecular formula is C14H27ClF2N2. The lowest BCUT2D eigenvalue weighted by atomic mass is 9.85. The average Bonchev–Trinajstić information content (AvgIpc) is 2.31. The molecule has 1 aliphatic heterocycles. The van der Waals surface area contributed by atoms with Crippen LogP contribution in [0.15, 0.2) is 0 Å². The predicted molar refractivity (Wildman–Crippen MR) is 77.0 cm³/mol. The molecule has 0 amide bonds. The fraction of sp³-hybridized carbons (Fsp3) is 1.00. The van der Waals surface area contributed by atoms with E-state index in [-0.39, 0.29) is 31.2 Å². The number of alkyl halides is 2. The van der Waals surface area contributed by atoms with Crippen LogP contribution in [0.5, 0.6) is 0 Å². The summed E-state index contributed by atoms with van der Waals surface area (Å²) in [7, 11) is 0. The Kier molecular flexibility index (Phi) is 6.98. The van der Waals surface area contributed by atoms with Gasteiger partial charge >= 0.3 is 0 Å². The average molecular weight is 297 g/mol. The zero-order chi connectivity index (χ0) is 13.0. The molecule has 1 aliphatic carbocycles. The Morgan fingerprint density at radius 3 is 2.63 bits per heavy atom. The number of hydrogen-bond acceptors (Lipinski definition) is 2. The van der Waals surface area contributed by atoms with Gasteiger partial charge in [-0.1, -0.05) is 6.42 Å². The van der Waals surface area contributed by atoms with Gasteiger partial charge in [0.05, 0.1) is 0 Å². The van der Waals surface area contributed by atoms with E-state index in [0.717, 1.165) is 25.9 Å². The second-order valence-corrected chi connectivity index (χ2v) is 6.04. The molecule has 0 aromatic carbocycles. The predicted octanol–water partition coefficient (Wildman–Crippen LogP) is 3.44.